The van der Waals surface area contributed by atoms with Crippen LogP contribution in [-0.2, 0) is 11.2 Å². The molecule has 1 aliphatic rings. The predicted octanol–water partition coefficient (Wildman–Crippen LogP) is 1.82. The molecule has 1 aromatic carbocycles. The summed E-state index contributed by atoms with van der Waals surface area (Å²) in [6.45, 7) is 0.571. The molecule has 1 N–H and O–H groups in total. The third-order valence-corrected chi connectivity index (χ3v) is 3.10. The first-order valence-electron chi connectivity index (χ1n) is 5.39. The maximum Gasteiger partial charge on any atom is 0.224 e. The molecule has 0 saturated carbocycles. The van der Waals surface area contributed by atoms with E-state index in [4.69, 9.17) is 11.6 Å². The lowest BCUT2D eigenvalue weighted by Crippen LogP contribution is -2.34. The molecule has 16 heavy (non-hydrogen) atoms. The van der Waals surface area contributed by atoms with Gasteiger partial charge >= 0.3 is 0 Å². The fraction of sp³-hybridized carbons (Fsp3) is 0.417. The van der Waals surface area contributed by atoms with E-state index in [1.54, 1.807) is 0 Å². The number of likely N-dealkylation sites (tertiary alicyclic amines) is 1. The molecule has 0 aromatic heterocycles. The fourth-order valence-corrected chi connectivity index (χ4v) is 2.02. The summed E-state index contributed by atoms with van der Waals surface area (Å²) >= 11 is 5.78. The van der Waals surface area contributed by atoms with Gasteiger partial charge in [-0.05, 0) is 24.1 Å². The van der Waals surface area contributed by atoms with E-state index in [9.17, 15) is 9.90 Å². The number of amides is 1. The smallest absolute Gasteiger partial charge is 0.224 e. The molecule has 4 heteroatoms. The summed E-state index contributed by atoms with van der Waals surface area (Å²) in [4.78, 5) is 12.9. The highest BCUT2D eigenvalue weighted by atomic mass is 35.5. The average Bonchev–Trinajstić information content (AvgIpc) is 2.59. The monoisotopic (exact) mass is 239 g/mol. The van der Waals surface area contributed by atoms with Gasteiger partial charge in [0.15, 0.2) is 0 Å². The Hall–Kier alpha value is -1.06. The van der Waals surface area contributed by atoms with Gasteiger partial charge in [-0.3, -0.25) is 4.79 Å². The Kier molecular flexibility index (Phi) is 3.46. The molecule has 1 atom stereocenters. The highest BCUT2D eigenvalue weighted by molar-refractivity contribution is 6.30. The van der Waals surface area contributed by atoms with Crippen LogP contribution in [0, 0.1) is 0 Å². The number of benzene rings is 1. The van der Waals surface area contributed by atoms with Crippen molar-refractivity contribution in [2.75, 3.05) is 6.54 Å². The van der Waals surface area contributed by atoms with Crippen LogP contribution in [0.3, 0.4) is 0 Å². The third-order valence-electron chi connectivity index (χ3n) is 2.85. The van der Waals surface area contributed by atoms with Crippen LogP contribution in [0.15, 0.2) is 24.3 Å². The van der Waals surface area contributed by atoms with E-state index in [0.29, 0.717) is 24.4 Å². The van der Waals surface area contributed by atoms with E-state index in [1.807, 2.05) is 24.3 Å². The molecule has 1 aromatic rings. The molecule has 0 aliphatic carbocycles. The van der Waals surface area contributed by atoms with Gasteiger partial charge in [0.05, 0.1) is 0 Å². The summed E-state index contributed by atoms with van der Waals surface area (Å²) < 4.78 is 0. The first-order valence-corrected chi connectivity index (χ1v) is 5.76. The number of aliphatic hydroxyl groups is 1. The Morgan fingerprint density at radius 1 is 1.38 bits per heavy atom. The van der Waals surface area contributed by atoms with Crippen LogP contribution in [0.4, 0.5) is 0 Å². The minimum absolute atomic E-state index is 0.0430. The SMILES string of the molecule is O=C1CCC(O)N1CCc1ccc(Cl)cc1. The Morgan fingerprint density at radius 2 is 2.06 bits per heavy atom. The number of aliphatic hydroxyl groups excluding tert-OH is 1. The number of rotatable bonds is 3. The predicted molar refractivity (Wildman–Crippen MR) is 62.1 cm³/mol. The van der Waals surface area contributed by atoms with Gasteiger partial charge in [-0.2, -0.15) is 0 Å². The van der Waals surface area contributed by atoms with Crippen LogP contribution in [0.2, 0.25) is 5.02 Å². The second-order valence-corrected chi connectivity index (χ2v) is 4.42. The van der Waals surface area contributed by atoms with Crippen LogP contribution in [-0.4, -0.2) is 28.7 Å². The molecule has 1 amide bonds. The lowest BCUT2D eigenvalue weighted by atomic mass is 10.1. The number of hydrogen-bond donors (Lipinski definition) is 1. The van der Waals surface area contributed by atoms with E-state index in [1.165, 1.54) is 4.90 Å². The van der Waals surface area contributed by atoms with E-state index in [0.717, 1.165) is 12.0 Å². The van der Waals surface area contributed by atoms with Crippen molar-refractivity contribution < 1.29 is 9.90 Å². The molecular formula is C12H14ClNO2. The maximum absolute atomic E-state index is 11.4. The zero-order chi connectivity index (χ0) is 11.5. The number of carbonyl (C=O) groups is 1. The lowest BCUT2D eigenvalue weighted by molar-refractivity contribution is -0.133. The van der Waals surface area contributed by atoms with Crippen molar-refractivity contribution in [3.05, 3.63) is 34.9 Å². The van der Waals surface area contributed by atoms with Gasteiger partial charge in [-0.1, -0.05) is 23.7 Å². The highest BCUT2D eigenvalue weighted by Gasteiger charge is 2.28. The number of nitrogens with zero attached hydrogens (tertiary/aromatic N) is 1. The number of carbonyl (C=O) groups excluding carboxylic acids is 1. The lowest BCUT2D eigenvalue weighted by Gasteiger charge is -2.20. The third kappa shape index (κ3) is 2.54. The zero-order valence-corrected chi connectivity index (χ0v) is 9.65. The van der Waals surface area contributed by atoms with Crippen molar-refractivity contribution in [3.63, 3.8) is 0 Å². The van der Waals surface area contributed by atoms with Crippen LogP contribution >= 0.6 is 11.6 Å². The van der Waals surface area contributed by atoms with Crippen molar-refractivity contribution in [2.24, 2.45) is 0 Å². The molecule has 86 valence electrons. The van der Waals surface area contributed by atoms with Gasteiger partial charge in [0.1, 0.15) is 6.23 Å². The van der Waals surface area contributed by atoms with Crippen LogP contribution in [0.1, 0.15) is 18.4 Å². The Bertz CT molecular complexity index is 377. The van der Waals surface area contributed by atoms with Crippen molar-refractivity contribution in [2.45, 2.75) is 25.5 Å². The summed E-state index contributed by atoms with van der Waals surface area (Å²) in [5, 5.41) is 10.3. The molecule has 2 rings (SSSR count). The molecule has 1 fully saturated rings. The Labute approximate surface area is 99.6 Å². The fourth-order valence-electron chi connectivity index (χ4n) is 1.89. The summed E-state index contributed by atoms with van der Waals surface area (Å²) in [6.07, 6.45) is 1.17. The second-order valence-electron chi connectivity index (χ2n) is 3.98. The highest BCUT2D eigenvalue weighted by Crippen LogP contribution is 2.17. The average molecular weight is 240 g/mol. The molecule has 3 nitrogen and oxygen atoms in total. The van der Waals surface area contributed by atoms with Crippen molar-refractivity contribution >= 4 is 17.5 Å². The van der Waals surface area contributed by atoms with E-state index in [2.05, 4.69) is 0 Å². The number of halogens is 1. The normalized spacial score (nSPS) is 20.5. The van der Waals surface area contributed by atoms with Gasteiger partial charge in [0.25, 0.3) is 0 Å². The van der Waals surface area contributed by atoms with Crippen molar-refractivity contribution in [1.82, 2.24) is 4.90 Å². The van der Waals surface area contributed by atoms with Crippen LogP contribution in [0.25, 0.3) is 0 Å². The molecule has 1 heterocycles. The van der Waals surface area contributed by atoms with Crippen LogP contribution < -0.4 is 0 Å². The minimum Gasteiger partial charge on any atom is -0.374 e. The van der Waals surface area contributed by atoms with Crippen molar-refractivity contribution in [1.29, 1.82) is 0 Å². The summed E-state index contributed by atoms with van der Waals surface area (Å²) in [7, 11) is 0. The van der Waals surface area contributed by atoms with Gasteiger partial charge in [-0.15, -0.1) is 0 Å². The first kappa shape index (κ1) is 11.4. The zero-order valence-electron chi connectivity index (χ0n) is 8.90. The van der Waals surface area contributed by atoms with Gasteiger partial charge < -0.3 is 10.0 Å². The molecule has 0 spiro atoms. The quantitative estimate of drug-likeness (QED) is 0.874. The molecule has 1 saturated heterocycles. The summed E-state index contributed by atoms with van der Waals surface area (Å²) in [6, 6.07) is 7.54. The van der Waals surface area contributed by atoms with Gasteiger partial charge in [-0.25, -0.2) is 0 Å². The molecule has 1 aliphatic heterocycles. The van der Waals surface area contributed by atoms with Crippen molar-refractivity contribution in [3.8, 4) is 0 Å². The Balaban J connectivity index is 1.92. The summed E-state index contributed by atoms with van der Waals surface area (Å²) in [5.41, 5.74) is 1.12. The van der Waals surface area contributed by atoms with Crippen LogP contribution in [0.5, 0.6) is 0 Å². The second kappa shape index (κ2) is 4.85. The minimum atomic E-state index is -0.597. The summed E-state index contributed by atoms with van der Waals surface area (Å²) in [5.74, 6) is 0.0430. The Morgan fingerprint density at radius 3 is 2.62 bits per heavy atom. The van der Waals surface area contributed by atoms with Gasteiger partial charge in [0, 0.05) is 24.4 Å². The molecule has 0 bridgehead atoms. The number of hydrogen-bond acceptors (Lipinski definition) is 2. The maximum atomic E-state index is 11.4. The molecule has 1 unspecified atom stereocenters. The van der Waals surface area contributed by atoms with Gasteiger partial charge in [0.2, 0.25) is 5.91 Å². The standard InChI is InChI=1S/C12H14ClNO2/c13-10-3-1-9(2-4-10)7-8-14-11(15)5-6-12(14)16/h1-4,11,15H,5-8H2. The van der Waals surface area contributed by atoms with E-state index in [-0.39, 0.29) is 5.91 Å². The first-order chi connectivity index (χ1) is 7.66. The largest absolute Gasteiger partial charge is 0.374 e. The van der Waals surface area contributed by atoms with E-state index >= 15 is 0 Å². The van der Waals surface area contributed by atoms with E-state index < -0.39 is 6.23 Å². The molecule has 0 radical (unpaired) electrons. The topological polar surface area (TPSA) is 40.5 Å². The molecular weight excluding hydrogens is 226 g/mol.